The Morgan fingerprint density at radius 3 is 2.96 bits per heavy atom. The van der Waals surface area contributed by atoms with Gasteiger partial charge in [0.05, 0.1) is 29.2 Å². The first-order valence-electron chi connectivity index (χ1n) is 9.23. The summed E-state index contributed by atoms with van der Waals surface area (Å²) in [5, 5.41) is 8.29. The molecule has 0 aliphatic carbocycles. The maximum Gasteiger partial charge on any atom is 0.258 e. The van der Waals surface area contributed by atoms with Gasteiger partial charge in [-0.2, -0.15) is 0 Å². The van der Waals surface area contributed by atoms with E-state index < -0.39 is 0 Å². The predicted octanol–water partition coefficient (Wildman–Crippen LogP) is 2.41. The highest BCUT2D eigenvalue weighted by atomic mass is 16.2. The van der Waals surface area contributed by atoms with Crippen molar-refractivity contribution in [1.82, 2.24) is 29.7 Å². The van der Waals surface area contributed by atoms with Gasteiger partial charge in [0.1, 0.15) is 5.82 Å². The molecule has 4 rings (SSSR count). The summed E-state index contributed by atoms with van der Waals surface area (Å²) < 4.78 is 1.61. The van der Waals surface area contributed by atoms with Crippen LogP contribution in [0.15, 0.2) is 53.6 Å². The molecule has 142 valence electrons. The van der Waals surface area contributed by atoms with Crippen LogP contribution in [0.25, 0.3) is 16.4 Å². The molecule has 1 aromatic carbocycles. The van der Waals surface area contributed by atoms with Gasteiger partial charge in [-0.15, -0.1) is 5.10 Å². The van der Waals surface area contributed by atoms with Gasteiger partial charge >= 0.3 is 0 Å². The summed E-state index contributed by atoms with van der Waals surface area (Å²) in [6, 6.07) is 10.7. The van der Waals surface area contributed by atoms with Crippen LogP contribution in [0.5, 0.6) is 0 Å². The van der Waals surface area contributed by atoms with Crippen LogP contribution in [0.3, 0.4) is 0 Å². The van der Waals surface area contributed by atoms with Gasteiger partial charge in [0.15, 0.2) is 0 Å². The number of rotatable bonds is 6. The van der Waals surface area contributed by atoms with Gasteiger partial charge in [-0.25, -0.2) is 9.50 Å². The van der Waals surface area contributed by atoms with E-state index >= 15 is 0 Å². The first kappa shape index (κ1) is 17.8. The number of H-pyrrole nitrogens is 1. The van der Waals surface area contributed by atoms with E-state index in [1.807, 2.05) is 6.07 Å². The Kier molecular flexibility index (Phi) is 4.84. The van der Waals surface area contributed by atoms with E-state index in [4.69, 9.17) is 0 Å². The van der Waals surface area contributed by atoms with Crippen LogP contribution in [0, 0.1) is 0 Å². The highest BCUT2D eigenvalue weighted by Crippen LogP contribution is 2.13. The van der Waals surface area contributed by atoms with Gasteiger partial charge in [-0.3, -0.25) is 9.59 Å². The minimum absolute atomic E-state index is 0.118. The molecule has 0 radical (unpaired) electrons. The topological polar surface area (TPSA) is 96.2 Å². The molecular formula is C20H20N6O2. The molecule has 0 spiro atoms. The number of unbranched alkanes of at least 4 members (excludes halogenated alkanes) is 1. The fourth-order valence-corrected chi connectivity index (χ4v) is 3.14. The lowest BCUT2D eigenvalue weighted by Gasteiger charge is -2.22. The third-order valence-electron chi connectivity index (χ3n) is 4.62. The number of hydrogen-bond acceptors (Lipinski definition) is 5. The number of amides is 1. The van der Waals surface area contributed by atoms with E-state index in [2.05, 4.69) is 27.2 Å². The van der Waals surface area contributed by atoms with Crippen LogP contribution in [0.4, 0.5) is 0 Å². The molecule has 28 heavy (non-hydrogen) atoms. The number of fused-ring (bicyclic) bond motifs is 2. The Morgan fingerprint density at radius 1 is 1.25 bits per heavy atom. The van der Waals surface area contributed by atoms with Crippen LogP contribution < -0.4 is 5.56 Å². The standard InChI is InChI=1S/C20H20N6O2/c1-2-3-9-25(20(28)14-8-10-26-15(11-14)12-21-24-26)13-18-22-17-7-5-4-6-16(17)19(27)23-18/h4-8,10-12H,2-3,9,13H2,1H3,(H,22,23,27). The normalized spacial score (nSPS) is 11.2. The van der Waals surface area contributed by atoms with E-state index in [-0.39, 0.29) is 18.0 Å². The Bertz CT molecular complexity index is 1200. The molecular weight excluding hydrogens is 356 g/mol. The molecule has 1 N–H and O–H groups in total. The maximum absolute atomic E-state index is 13.1. The Balaban J connectivity index is 1.65. The van der Waals surface area contributed by atoms with Gasteiger partial charge in [0.25, 0.3) is 11.5 Å². The molecule has 0 bridgehead atoms. The van der Waals surface area contributed by atoms with Crippen LogP contribution in [-0.2, 0) is 6.54 Å². The molecule has 3 aromatic heterocycles. The minimum Gasteiger partial charge on any atom is -0.331 e. The SMILES string of the molecule is CCCCN(Cc1nc2ccccc2c(=O)[nH]1)C(=O)c1ccn2nncc2c1. The lowest BCUT2D eigenvalue weighted by atomic mass is 10.2. The predicted molar refractivity (Wildman–Crippen MR) is 105 cm³/mol. The Morgan fingerprint density at radius 2 is 2.11 bits per heavy atom. The number of hydrogen-bond donors (Lipinski definition) is 1. The number of carbonyl (C=O) groups excluding carboxylic acids is 1. The molecule has 8 heteroatoms. The van der Waals surface area contributed by atoms with Crippen LogP contribution in [0.2, 0.25) is 0 Å². The average molecular weight is 376 g/mol. The number of carbonyl (C=O) groups is 1. The Hall–Kier alpha value is -3.55. The lowest BCUT2D eigenvalue weighted by Crippen LogP contribution is -2.33. The molecule has 0 aliphatic heterocycles. The van der Waals surface area contributed by atoms with Gasteiger partial charge < -0.3 is 9.88 Å². The van der Waals surface area contributed by atoms with Crippen LogP contribution in [-0.4, -0.2) is 42.1 Å². The van der Waals surface area contributed by atoms with E-state index in [1.54, 1.807) is 52.1 Å². The molecule has 0 unspecified atom stereocenters. The largest absolute Gasteiger partial charge is 0.331 e. The van der Waals surface area contributed by atoms with Gasteiger partial charge in [0, 0.05) is 18.3 Å². The zero-order valence-corrected chi connectivity index (χ0v) is 15.5. The fraction of sp³-hybridized carbons (Fsp3) is 0.250. The Labute approximate surface area is 160 Å². The summed E-state index contributed by atoms with van der Waals surface area (Å²) in [5.74, 6) is 0.355. The average Bonchev–Trinajstić information content (AvgIpc) is 3.18. The second-order valence-electron chi connectivity index (χ2n) is 6.63. The van der Waals surface area contributed by atoms with Gasteiger partial charge in [-0.05, 0) is 30.7 Å². The van der Waals surface area contributed by atoms with Gasteiger partial charge in [0.2, 0.25) is 0 Å². The number of pyridine rings is 1. The molecule has 0 saturated heterocycles. The van der Waals surface area contributed by atoms with E-state index in [1.165, 1.54) is 0 Å². The number of aromatic nitrogens is 5. The van der Waals surface area contributed by atoms with Crippen molar-refractivity contribution >= 4 is 22.3 Å². The smallest absolute Gasteiger partial charge is 0.258 e. The van der Waals surface area contributed by atoms with Crippen molar-refractivity contribution in [3.63, 3.8) is 0 Å². The summed E-state index contributed by atoms with van der Waals surface area (Å²) in [4.78, 5) is 34.5. The van der Waals surface area contributed by atoms with Crippen molar-refractivity contribution in [2.45, 2.75) is 26.3 Å². The number of nitrogens with one attached hydrogen (secondary N) is 1. The summed E-state index contributed by atoms with van der Waals surface area (Å²) in [6.07, 6.45) is 5.14. The zero-order chi connectivity index (χ0) is 19.5. The fourth-order valence-electron chi connectivity index (χ4n) is 3.14. The van der Waals surface area contributed by atoms with E-state index in [0.29, 0.717) is 28.8 Å². The van der Waals surface area contributed by atoms with Crippen molar-refractivity contribution in [2.75, 3.05) is 6.54 Å². The van der Waals surface area contributed by atoms with E-state index in [0.717, 1.165) is 18.4 Å². The first-order chi connectivity index (χ1) is 13.7. The first-order valence-corrected chi connectivity index (χ1v) is 9.23. The summed E-state index contributed by atoms with van der Waals surface area (Å²) in [7, 11) is 0. The van der Waals surface area contributed by atoms with E-state index in [9.17, 15) is 9.59 Å². The van der Waals surface area contributed by atoms with Crippen molar-refractivity contribution < 1.29 is 4.79 Å². The van der Waals surface area contributed by atoms with Gasteiger partial charge in [-0.1, -0.05) is 30.7 Å². The quantitative estimate of drug-likeness (QED) is 0.557. The number of para-hydroxylation sites is 1. The zero-order valence-electron chi connectivity index (χ0n) is 15.5. The molecule has 8 nitrogen and oxygen atoms in total. The molecule has 0 aliphatic rings. The molecule has 3 heterocycles. The number of nitrogens with zero attached hydrogens (tertiary/aromatic N) is 5. The number of benzene rings is 1. The molecule has 0 atom stereocenters. The third-order valence-corrected chi connectivity index (χ3v) is 4.62. The maximum atomic E-state index is 13.1. The molecule has 1 amide bonds. The van der Waals surface area contributed by atoms with Crippen molar-refractivity contribution in [3.05, 3.63) is 70.5 Å². The highest BCUT2D eigenvalue weighted by molar-refractivity contribution is 5.95. The third kappa shape index (κ3) is 3.48. The lowest BCUT2D eigenvalue weighted by molar-refractivity contribution is 0.0736. The minimum atomic E-state index is -0.199. The number of aromatic amines is 1. The summed E-state index contributed by atoms with van der Waals surface area (Å²) in [6.45, 7) is 2.89. The molecule has 0 saturated carbocycles. The van der Waals surface area contributed by atoms with Crippen molar-refractivity contribution in [2.24, 2.45) is 0 Å². The summed E-state index contributed by atoms with van der Waals surface area (Å²) >= 11 is 0. The van der Waals surface area contributed by atoms with Crippen LogP contribution in [0.1, 0.15) is 35.9 Å². The second-order valence-corrected chi connectivity index (χ2v) is 6.63. The molecule has 4 aromatic rings. The monoisotopic (exact) mass is 376 g/mol. The second kappa shape index (κ2) is 7.59. The highest BCUT2D eigenvalue weighted by Gasteiger charge is 2.18. The van der Waals surface area contributed by atoms with Crippen LogP contribution >= 0.6 is 0 Å². The summed E-state index contributed by atoms with van der Waals surface area (Å²) in [5.41, 5.74) is 1.72. The van der Waals surface area contributed by atoms with Crippen molar-refractivity contribution in [3.8, 4) is 0 Å². The van der Waals surface area contributed by atoms with Crippen molar-refractivity contribution in [1.29, 1.82) is 0 Å². The molecule has 0 fully saturated rings.